The zero-order valence-electron chi connectivity index (χ0n) is 34.1. The van der Waals surface area contributed by atoms with Crippen molar-refractivity contribution in [2.75, 3.05) is 9.80 Å². The van der Waals surface area contributed by atoms with Gasteiger partial charge in [-0.3, -0.25) is 0 Å². The Labute approximate surface area is 353 Å². The summed E-state index contributed by atoms with van der Waals surface area (Å²) in [4.78, 5) is 4.78. The lowest BCUT2D eigenvalue weighted by Gasteiger charge is -2.32. The topological polar surface area (TPSA) is 6.48 Å². The van der Waals surface area contributed by atoms with Crippen LogP contribution in [0.4, 0.5) is 34.1 Å². The molecule has 0 radical (unpaired) electrons. The van der Waals surface area contributed by atoms with Crippen molar-refractivity contribution < 1.29 is 0 Å². The SMILES string of the molecule is Cc1ccc(N(c2ccc(C)cc2)c2ccc(-c3ccc(N(c4ccc(C)cc4)c4cccc5c4-c4ccccc4C54c5ccccc5-c5ccccc54)cc3)cc2)cc1. The third kappa shape index (κ3) is 5.56. The summed E-state index contributed by atoms with van der Waals surface area (Å²) in [6, 6.07) is 78.6. The maximum absolute atomic E-state index is 2.45. The van der Waals surface area contributed by atoms with Crippen LogP contribution in [0.5, 0.6) is 0 Å². The van der Waals surface area contributed by atoms with Crippen molar-refractivity contribution in [3.63, 3.8) is 0 Å². The molecule has 9 aromatic carbocycles. The average molecular weight is 769 g/mol. The summed E-state index contributed by atoms with van der Waals surface area (Å²) in [7, 11) is 0. The van der Waals surface area contributed by atoms with Gasteiger partial charge in [-0.2, -0.15) is 0 Å². The molecule has 0 saturated heterocycles. The van der Waals surface area contributed by atoms with Gasteiger partial charge < -0.3 is 9.80 Å². The zero-order chi connectivity index (χ0) is 40.4. The van der Waals surface area contributed by atoms with Crippen molar-refractivity contribution in [2.24, 2.45) is 0 Å². The highest BCUT2D eigenvalue weighted by molar-refractivity contribution is 6.01. The van der Waals surface area contributed by atoms with E-state index in [1.165, 1.54) is 78.0 Å². The first kappa shape index (κ1) is 35.7. The smallest absolute Gasteiger partial charge is 0.0726 e. The van der Waals surface area contributed by atoms with Crippen LogP contribution in [0, 0.1) is 20.8 Å². The van der Waals surface area contributed by atoms with E-state index in [0.29, 0.717) is 0 Å². The molecule has 0 saturated carbocycles. The van der Waals surface area contributed by atoms with Gasteiger partial charge in [-0.05, 0) is 138 Å². The van der Waals surface area contributed by atoms with Crippen LogP contribution in [-0.2, 0) is 5.41 Å². The van der Waals surface area contributed by atoms with Crippen molar-refractivity contribution in [1.29, 1.82) is 0 Å². The molecule has 0 unspecified atom stereocenters. The molecule has 0 N–H and O–H groups in total. The lowest BCUT2D eigenvalue weighted by atomic mass is 9.70. The van der Waals surface area contributed by atoms with Gasteiger partial charge in [-0.1, -0.05) is 162 Å². The first-order valence-electron chi connectivity index (χ1n) is 20.9. The number of rotatable bonds is 7. The first-order valence-corrected chi connectivity index (χ1v) is 20.9. The summed E-state index contributed by atoms with van der Waals surface area (Å²) in [5, 5.41) is 0. The Morgan fingerprint density at radius 1 is 0.283 bits per heavy atom. The van der Waals surface area contributed by atoms with E-state index < -0.39 is 5.41 Å². The molecular weight excluding hydrogens is 725 g/mol. The second kappa shape index (κ2) is 14.1. The highest BCUT2D eigenvalue weighted by atomic mass is 15.1. The molecule has 11 rings (SSSR count). The Morgan fingerprint density at radius 3 is 1.05 bits per heavy atom. The molecule has 2 aliphatic carbocycles. The molecular formula is C58H44N2. The minimum absolute atomic E-state index is 0.404. The van der Waals surface area contributed by atoms with Gasteiger partial charge in [0.2, 0.25) is 0 Å². The molecule has 0 atom stereocenters. The second-order valence-corrected chi connectivity index (χ2v) is 16.4. The minimum Gasteiger partial charge on any atom is -0.311 e. The van der Waals surface area contributed by atoms with Gasteiger partial charge in [0, 0.05) is 34.0 Å². The van der Waals surface area contributed by atoms with Gasteiger partial charge >= 0.3 is 0 Å². The minimum atomic E-state index is -0.404. The fourth-order valence-electron chi connectivity index (χ4n) is 9.87. The lowest BCUT2D eigenvalue weighted by molar-refractivity contribution is 0.794. The highest BCUT2D eigenvalue weighted by Gasteiger charge is 2.52. The highest BCUT2D eigenvalue weighted by Crippen LogP contribution is 2.64. The predicted octanol–water partition coefficient (Wildman–Crippen LogP) is 15.6. The number of fused-ring (bicyclic) bond motifs is 10. The van der Waals surface area contributed by atoms with E-state index in [0.717, 1.165) is 28.4 Å². The molecule has 286 valence electrons. The van der Waals surface area contributed by atoms with Crippen molar-refractivity contribution in [1.82, 2.24) is 0 Å². The monoisotopic (exact) mass is 768 g/mol. The quantitative estimate of drug-likeness (QED) is 0.159. The van der Waals surface area contributed by atoms with Crippen molar-refractivity contribution in [2.45, 2.75) is 26.2 Å². The third-order valence-electron chi connectivity index (χ3n) is 12.7. The standard InChI is InChI=1S/C58H44N2/c1-39-19-29-44(30-20-39)59(45-31-21-40(2)22-32-45)46-35-25-42(26-36-46)43-27-37-48(38-28-43)60(47-33-23-41(3)24-34-47)56-18-10-17-55-57(56)51-13-6-9-16-54(51)58(55)52-14-7-4-11-49(52)50-12-5-8-15-53(50)58/h4-38H,1-3H3. The first-order chi connectivity index (χ1) is 29.5. The van der Waals surface area contributed by atoms with Crippen LogP contribution in [0.25, 0.3) is 33.4 Å². The molecule has 0 aromatic heterocycles. The van der Waals surface area contributed by atoms with Gasteiger partial charge in [0.05, 0.1) is 11.1 Å². The Bertz CT molecular complexity index is 2940. The summed E-state index contributed by atoms with van der Waals surface area (Å²) in [5.74, 6) is 0. The largest absolute Gasteiger partial charge is 0.311 e. The van der Waals surface area contributed by atoms with E-state index >= 15 is 0 Å². The van der Waals surface area contributed by atoms with Gasteiger partial charge in [0.15, 0.2) is 0 Å². The van der Waals surface area contributed by atoms with E-state index in [1.807, 2.05) is 0 Å². The number of hydrogen-bond donors (Lipinski definition) is 0. The fourth-order valence-corrected chi connectivity index (χ4v) is 9.87. The summed E-state index contributed by atoms with van der Waals surface area (Å²) in [6.07, 6.45) is 0. The van der Waals surface area contributed by atoms with E-state index in [9.17, 15) is 0 Å². The van der Waals surface area contributed by atoms with Crippen molar-refractivity contribution in [3.05, 3.63) is 251 Å². The van der Waals surface area contributed by atoms with Gasteiger partial charge in [-0.25, -0.2) is 0 Å². The lowest BCUT2D eigenvalue weighted by Crippen LogP contribution is -2.26. The zero-order valence-corrected chi connectivity index (χ0v) is 34.1. The summed E-state index contributed by atoms with van der Waals surface area (Å²) in [5.41, 5.74) is 23.1. The van der Waals surface area contributed by atoms with Gasteiger partial charge in [0.25, 0.3) is 0 Å². The van der Waals surface area contributed by atoms with E-state index in [1.54, 1.807) is 0 Å². The summed E-state index contributed by atoms with van der Waals surface area (Å²) < 4.78 is 0. The Kier molecular flexibility index (Phi) is 8.42. The van der Waals surface area contributed by atoms with Crippen molar-refractivity contribution >= 4 is 34.1 Å². The molecule has 2 heteroatoms. The van der Waals surface area contributed by atoms with E-state index in [2.05, 4.69) is 243 Å². The van der Waals surface area contributed by atoms with Crippen LogP contribution >= 0.6 is 0 Å². The fraction of sp³-hybridized carbons (Fsp3) is 0.0690. The van der Waals surface area contributed by atoms with E-state index in [-0.39, 0.29) is 0 Å². The maximum Gasteiger partial charge on any atom is 0.0726 e. The number of hydrogen-bond acceptors (Lipinski definition) is 2. The Balaban J connectivity index is 1.02. The molecule has 0 bridgehead atoms. The Hall–Kier alpha value is -7.42. The van der Waals surface area contributed by atoms with Crippen LogP contribution in [0.2, 0.25) is 0 Å². The van der Waals surface area contributed by atoms with Crippen LogP contribution in [0.3, 0.4) is 0 Å². The Morgan fingerprint density at radius 2 is 0.617 bits per heavy atom. The second-order valence-electron chi connectivity index (χ2n) is 16.4. The molecule has 0 aliphatic heterocycles. The molecule has 1 spiro atoms. The summed E-state index contributed by atoms with van der Waals surface area (Å²) >= 11 is 0. The van der Waals surface area contributed by atoms with E-state index in [4.69, 9.17) is 0 Å². The number of benzene rings is 9. The molecule has 60 heavy (non-hydrogen) atoms. The normalized spacial score (nSPS) is 12.7. The molecule has 2 nitrogen and oxygen atoms in total. The third-order valence-corrected chi connectivity index (χ3v) is 12.7. The maximum atomic E-state index is 2.45. The van der Waals surface area contributed by atoms with Gasteiger partial charge in [-0.15, -0.1) is 0 Å². The van der Waals surface area contributed by atoms with Crippen LogP contribution in [0.15, 0.2) is 212 Å². The molecule has 0 heterocycles. The number of nitrogens with zero attached hydrogens (tertiary/aromatic N) is 2. The summed E-state index contributed by atoms with van der Waals surface area (Å²) in [6.45, 7) is 6.43. The number of anilines is 6. The molecule has 2 aliphatic rings. The average Bonchev–Trinajstić information content (AvgIpc) is 3.77. The van der Waals surface area contributed by atoms with Crippen molar-refractivity contribution in [3.8, 4) is 33.4 Å². The molecule has 0 amide bonds. The molecule has 0 fully saturated rings. The van der Waals surface area contributed by atoms with Crippen LogP contribution in [0.1, 0.15) is 38.9 Å². The predicted molar refractivity (Wildman–Crippen MR) is 252 cm³/mol. The number of aryl methyl sites for hydroxylation is 3. The molecule has 9 aromatic rings. The van der Waals surface area contributed by atoms with Gasteiger partial charge in [0.1, 0.15) is 0 Å². The van der Waals surface area contributed by atoms with Crippen LogP contribution in [-0.4, -0.2) is 0 Å². The van der Waals surface area contributed by atoms with Crippen LogP contribution < -0.4 is 9.80 Å².